The third-order valence-corrected chi connectivity index (χ3v) is 3.77. The second-order valence-electron chi connectivity index (χ2n) is 4.80. The SMILES string of the molecule is CC(N)C1(c2ccccc2-n2cncn2)CC1. The van der Waals surface area contributed by atoms with Gasteiger partial charge < -0.3 is 5.73 Å². The fourth-order valence-corrected chi connectivity index (χ4v) is 2.53. The molecule has 1 fully saturated rings. The van der Waals surface area contributed by atoms with Crippen LogP contribution < -0.4 is 5.73 Å². The van der Waals surface area contributed by atoms with Crippen molar-refractivity contribution in [3.8, 4) is 5.69 Å². The van der Waals surface area contributed by atoms with Gasteiger partial charge in [0.2, 0.25) is 0 Å². The van der Waals surface area contributed by atoms with Gasteiger partial charge in [-0.15, -0.1) is 0 Å². The number of rotatable bonds is 3. The molecule has 2 N–H and O–H groups in total. The molecule has 3 rings (SSSR count). The molecule has 4 heteroatoms. The maximum absolute atomic E-state index is 6.14. The third kappa shape index (κ3) is 1.56. The van der Waals surface area contributed by atoms with Gasteiger partial charge in [-0.25, -0.2) is 9.67 Å². The van der Waals surface area contributed by atoms with Crippen LogP contribution in [0.4, 0.5) is 0 Å². The molecule has 0 bridgehead atoms. The van der Waals surface area contributed by atoms with Crippen LogP contribution in [0.5, 0.6) is 0 Å². The number of aromatic nitrogens is 3. The van der Waals surface area contributed by atoms with Gasteiger partial charge in [-0.2, -0.15) is 5.10 Å². The molecule has 1 unspecified atom stereocenters. The van der Waals surface area contributed by atoms with E-state index in [1.54, 1.807) is 12.7 Å². The Balaban J connectivity index is 2.12. The Morgan fingerprint density at radius 2 is 2.12 bits per heavy atom. The zero-order valence-electron chi connectivity index (χ0n) is 9.87. The minimum absolute atomic E-state index is 0.141. The van der Waals surface area contributed by atoms with Crippen molar-refractivity contribution in [2.45, 2.75) is 31.2 Å². The molecular formula is C13H16N4. The normalized spacial score (nSPS) is 18.9. The van der Waals surface area contributed by atoms with Crippen molar-refractivity contribution in [2.75, 3.05) is 0 Å². The van der Waals surface area contributed by atoms with Crippen molar-refractivity contribution in [2.24, 2.45) is 5.73 Å². The fraction of sp³-hybridized carbons (Fsp3) is 0.385. The molecule has 0 saturated heterocycles. The maximum atomic E-state index is 6.14. The summed E-state index contributed by atoms with van der Waals surface area (Å²) in [6.45, 7) is 2.09. The minimum atomic E-state index is 0.141. The standard InChI is InChI=1S/C13H16N4/c1-10(14)13(6-7-13)11-4-2-3-5-12(11)17-9-15-8-16-17/h2-5,8-10H,6-7,14H2,1H3. The fourth-order valence-electron chi connectivity index (χ4n) is 2.53. The highest BCUT2D eigenvalue weighted by atomic mass is 15.3. The summed E-state index contributed by atoms with van der Waals surface area (Å²) in [6.07, 6.45) is 5.62. The van der Waals surface area contributed by atoms with Crippen molar-refractivity contribution >= 4 is 0 Å². The highest BCUT2D eigenvalue weighted by Gasteiger charge is 2.48. The van der Waals surface area contributed by atoms with Gasteiger partial charge in [0.25, 0.3) is 0 Å². The summed E-state index contributed by atoms with van der Waals surface area (Å²) in [5.74, 6) is 0. The monoisotopic (exact) mass is 228 g/mol. The van der Waals surface area contributed by atoms with E-state index in [2.05, 4.69) is 35.2 Å². The Kier molecular flexibility index (Phi) is 2.26. The molecule has 0 aliphatic heterocycles. The van der Waals surface area contributed by atoms with E-state index in [0.717, 1.165) is 18.5 Å². The van der Waals surface area contributed by atoms with Crippen LogP contribution in [0.15, 0.2) is 36.9 Å². The molecule has 1 atom stereocenters. The lowest BCUT2D eigenvalue weighted by molar-refractivity contribution is 0.552. The summed E-state index contributed by atoms with van der Waals surface area (Å²) in [5, 5.41) is 4.21. The lowest BCUT2D eigenvalue weighted by Gasteiger charge is -2.22. The van der Waals surface area contributed by atoms with Crippen LogP contribution >= 0.6 is 0 Å². The summed E-state index contributed by atoms with van der Waals surface area (Å²) in [6, 6.07) is 8.50. The first-order valence-corrected chi connectivity index (χ1v) is 5.94. The number of para-hydroxylation sites is 1. The molecule has 0 amide bonds. The topological polar surface area (TPSA) is 56.7 Å². The van der Waals surface area contributed by atoms with Gasteiger partial charge in [-0.1, -0.05) is 18.2 Å². The zero-order chi connectivity index (χ0) is 11.9. The molecule has 2 aromatic rings. The Morgan fingerprint density at radius 1 is 1.35 bits per heavy atom. The predicted molar refractivity (Wildman–Crippen MR) is 65.9 cm³/mol. The van der Waals surface area contributed by atoms with E-state index in [0.29, 0.717) is 0 Å². The van der Waals surface area contributed by atoms with Gasteiger partial charge in [-0.05, 0) is 31.4 Å². The van der Waals surface area contributed by atoms with Gasteiger partial charge in [-0.3, -0.25) is 0 Å². The first-order valence-electron chi connectivity index (χ1n) is 5.94. The molecule has 1 saturated carbocycles. The number of hydrogen-bond donors (Lipinski definition) is 1. The Morgan fingerprint density at radius 3 is 2.71 bits per heavy atom. The lowest BCUT2D eigenvalue weighted by Crippen LogP contribution is -2.32. The van der Waals surface area contributed by atoms with Crippen molar-refractivity contribution in [3.05, 3.63) is 42.5 Å². The molecule has 0 radical (unpaired) electrons. The smallest absolute Gasteiger partial charge is 0.138 e. The van der Waals surface area contributed by atoms with E-state index >= 15 is 0 Å². The quantitative estimate of drug-likeness (QED) is 0.869. The Hall–Kier alpha value is -1.68. The number of hydrogen-bond acceptors (Lipinski definition) is 3. The van der Waals surface area contributed by atoms with Crippen LogP contribution in [-0.4, -0.2) is 20.8 Å². The molecule has 1 aliphatic carbocycles. The average molecular weight is 228 g/mol. The first-order chi connectivity index (χ1) is 8.24. The third-order valence-electron chi connectivity index (χ3n) is 3.77. The highest BCUT2D eigenvalue weighted by molar-refractivity contribution is 5.48. The second-order valence-corrected chi connectivity index (χ2v) is 4.80. The molecular weight excluding hydrogens is 212 g/mol. The average Bonchev–Trinajstić information content (AvgIpc) is 2.98. The largest absolute Gasteiger partial charge is 0.327 e. The van der Waals surface area contributed by atoms with Crippen LogP contribution in [0, 0.1) is 0 Å². The molecule has 17 heavy (non-hydrogen) atoms. The molecule has 0 spiro atoms. The minimum Gasteiger partial charge on any atom is -0.327 e. The summed E-state index contributed by atoms with van der Waals surface area (Å²) in [5.41, 5.74) is 8.67. The summed E-state index contributed by atoms with van der Waals surface area (Å²) in [4.78, 5) is 4.01. The van der Waals surface area contributed by atoms with Gasteiger partial charge >= 0.3 is 0 Å². The number of nitrogens with two attached hydrogens (primary N) is 1. The first kappa shape index (κ1) is 10.5. The molecule has 1 aromatic heterocycles. The van der Waals surface area contributed by atoms with Gasteiger partial charge in [0.05, 0.1) is 5.69 Å². The summed E-state index contributed by atoms with van der Waals surface area (Å²) in [7, 11) is 0. The van der Waals surface area contributed by atoms with Crippen molar-refractivity contribution in [1.29, 1.82) is 0 Å². The van der Waals surface area contributed by atoms with Gasteiger partial charge in [0.1, 0.15) is 12.7 Å². The van der Waals surface area contributed by atoms with E-state index in [-0.39, 0.29) is 11.5 Å². The van der Waals surface area contributed by atoms with E-state index in [9.17, 15) is 0 Å². The van der Waals surface area contributed by atoms with Gasteiger partial charge in [0, 0.05) is 11.5 Å². The molecule has 88 valence electrons. The van der Waals surface area contributed by atoms with E-state index in [4.69, 9.17) is 5.73 Å². The Labute approximate surface area is 100 Å². The number of benzene rings is 1. The van der Waals surface area contributed by atoms with E-state index in [1.807, 2.05) is 10.7 Å². The number of nitrogens with zero attached hydrogens (tertiary/aromatic N) is 3. The molecule has 1 aliphatic rings. The summed E-state index contributed by atoms with van der Waals surface area (Å²) < 4.78 is 1.82. The van der Waals surface area contributed by atoms with Crippen LogP contribution in [0.1, 0.15) is 25.3 Å². The second kappa shape index (κ2) is 3.67. The molecule has 1 aromatic carbocycles. The van der Waals surface area contributed by atoms with Crippen molar-refractivity contribution in [1.82, 2.24) is 14.8 Å². The van der Waals surface area contributed by atoms with Crippen LogP contribution in [-0.2, 0) is 5.41 Å². The van der Waals surface area contributed by atoms with E-state index < -0.39 is 0 Å². The van der Waals surface area contributed by atoms with Crippen molar-refractivity contribution < 1.29 is 0 Å². The molecule has 1 heterocycles. The predicted octanol–water partition coefficient (Wildman–Crippen LogP) is 1.65. The highest BCUT2D eigenvalue weighted by Crippen LogP contribution is 2.51. The lowest BCUT2D eigenvalue weighted by atomic mass is 9.88. The zero-order valence-corrected chi connectivity index (χ0v) is 9.87. The van der Waals surface area contributed by atoms with Crippen LogP contribution in [0.3, 0.4) is 0 Å². The molecule has 4 nitrogen and oxygen atoms in total. The maximum Gasteiger partial charge on any atom is 0.138 e. The van der Waals surface area contributed by atoms with Gasteiger partial charge in [0.15, 0.2) is 0 Å². The van der Waals surface area contributed by atoms with Crippen molar-refractivity contribution in [3.63, 3.8) is 0 Å². The van der Waals surface area contributed by atoms with Crippen LogP contribution in [0.25, 0.3) is 5.69 Å². The summed E-state index contributed by atoms with van der Waals surface area (Å²) >= 11 is 0. The van der Waals surface area contributed by atoms with E-state index in [1.165, 1.54) is 5.56 Å². The Bertz CT molecular complexity index is 512. The van der Waals surface area contributed by atoms with Crippen LogP contribution in [0.2, 0.25) is 0 Å².